The lowest BCUT2D eigenvalue weighted by molar-refractivity contribution is -0.870. The summed E-state index contributed by atoms with van der Waals surface area (Å²) in [4.78, 5) is 34.6. The molecule has 0 saturated carbocycles. The summed E-state index contributed by atoms with van der Waals surface area (Å²) >= 11 is 0. The quantitative estimate of drug-likeness (QED) is 0.367. The molecule has 1 fully saturated rings. The highest BCUT2D eigenvalue weighted by Crippen LogP contribution is 2.42. The Hall–Kier alpha value is -3.11. The number of rotatable bonds is 14. The zero-order valence-corrected chi connectivity index (χ0v) is 23.8. The minimum atomic E-state index is -0.839. The maximum absolute atomic E-state index is 13.7. The third-order valence-electron chi connectivity index (χ3n) is 7.83. The molecule has 4 rings (SSSR count). The monoisotopic (exact) mass is 542 g/mol. The molecule has 0 aliphatic carbocycles. The van der Waals surface area contributed by atoms with Crippen LogP contribution in [-0.4, -0.2) is 108 Å². The van der Waals surface area contributed by atoms with Gasteiger partial charge in [-0.25, -0.2) is 4.98 Å². The molecule has 214 valence electrons. The van der Waals surface area contributed by atoms with E-state index in [-0.39, 0.29) is 31.2 Å². The van der Waals surface area contributed by atoms with Crippen LogP contribution in [0.4, 0.5) is 0 Å². The van der Waals surface area contributed by atoms with Crippen LogP contribution in [0.5, 0.6) is 11.5 Å². The van der Waals surface area contributed by atoms with Crippen LogP contribution in [0.25, 0.3) is 0 Å². The van der Waals surface area contributed by atoms with Crippen LogP contribution in [0.15, 0.2) is 36.9 Å². The van der Waals surface area contributed by atoms with Gasteiger partial charge in [-0.3, -0.25) is 14.5 Å². The van der Waals surface area contributed by atoms with Gasteiger partial charge in [-0.05, 0) is 30.5 Å². The molecule has 1 N–H and O–H groups in total. The van der Waals surface area contributed by atoms with Gasteiger partial charge in [0.15, 0.2) is 11.5 Å². The molecule has 1 aromatic heterocycles. The van der Waals surface area contributed by atoms with E-state index in [1.807, 2.05) is 33.9 Å². The van der Waals surface area contributed by atoms with E-state index in [0.29, 0.717) is 31.0 Å². The first kappa shape index (κ1) is 28.9. The van der Waals surface area contributed by atoms with Gasteiger partial charge in [0.25, 0.3) is 0 Å². The molecule has 10 heteroatoms. The Morgan fingerprint density at radius 3 is 2.62 bits per heavy atom. The SMILES string of the molecule is CCCCN(CCC[N+](C)(C)C)C(=O)CN1C[C@H](c2ccc3c(c2)OCO3)C(C(=O)O)[C@@H]1CCn1ccnc1. The number of quaternary nitrogens is 1. The summed E-state index contributed by atoms with van der Waals surface area (Å²) in [5.74, 6) is -0.359. The number of hydrogen-bond donors (Lipinski definition) is 1. The van der Waals surface area contributed by atoms with Gasteiger partial charge in [-0.1, -0.05) is 19.4 Å². The normalized spacial score (nSPS) is 20.9. The Bertz CT molecular complexity index is 1100. The number of carbonyl (C=O) groups is 2. The molecule has 0 bridgehead atoms. The van der Waals surface area contributed by atoms with Gasteiger partial charge in [0.2, 0.25) is 12.7 Å². The minimum absolute atomic E-state index is 0.0768. The van der Waals surface area contributed by atoms with Gasteiger partial charge < -0.3 is 28.5 Å². The van der Waals surface area contributed by atoms with Crippen LogP contribution in [-0.2, 0) is 16.1 Å². The number of aliphatic carboxylic acids is 1. The molecule has 0 spiro atoms. The molecule has 1 saturated heterocycles. The van der Waals surface area contributed by atoms with Crippen LogP contribution < -0.4 is 9.47 Å². The van der Waals surface area contributed by atoms with E-state index in [9.17, 15) is 14.7 Å². The molecule has 2 aromatic rings. The van der Waals surface area contributed by atoms with Crippen molar-refractivity contribution < 1.29 is 28.7 Å². The summed E-state index contributed by atoms with van der Waals surface area (Å²) in [6, 6.07) is 5.40. The number of aryl methyl sites for hydroxylation is 1. The first-order chi connectivity index (χ1) is 18.7. The first-order valence-electron chi connectivity index (χ1n) is 14.1. The number of benzene rings is 1. The van der Waals surface area contributed by atoms with E-state index < -0.39 is 11.9 Å². The molecule has 2 aliphatic rings. The van der Waals surface area contributed by atoms with Crippen molar-refractivity contribution in [1.82, 2.24) is 19.4 Å². The van der Waals surface area contributed by atoms with Gasteiger partial charge >= 0.3 is 5.97 Å². The van der Waals surface area contributed by atoms with E-state index >= 15 is 0 Å². The summed E-state index contributed by atoms with van der Waals surface area (Å²) in [6.07, 6.45) is 8.87. The Morgan fingerprint density at radius 1 is 1.15 bits per heavy atom. The Kier molecular flexibility index (Phi) is 9.50. The van der Waals surface area contributed by atoms with Gasteiger partial charge in [-0.15, -0.1) is 0 Å². The molecule has 39 heavy (non-hydrogen) atoms. The number of carboxylic acid groups (broad SMARTS) is 1. The number of ether oxygens (including phenoxy) is 2. The zero-order valence-electron chi connectivity index (χ0n) is 23.8. The molecular formula is C29H44N5O5+. The Labute approximate surface area is 231 Å². The zero-order chi connectivity index (χ0) is 28.0. The van der Waals surface area contributed by atoms with E-state index in [4.69, 9.17) is 9.47 Å². The molecule has 0 radical (unpaired) electrons. The lowest BCUT2D eigenvalue weighted by Crippen LogP contribution is -2.45. The fourth-order valence-corrected chi connectivity index (χ4v) is 5.75. The number of amides is 1. The molecular weight excluding hydrogens is 498 g/mol. The number of aromatic nitrogens is 2. The van der Waals surface area contributed by atoms with Gasteiger partial charge in [-0.2, -0.15) is 0 Å². The van der Waals surface area contributed by atoms with E-state index in [1.165, 1.54) is 0 Å². The Morgan fingerprint density at radius 2 is 1.92 bits per heavy atom. The highest BCUT2D eigenvalue weighted by molar-refractivity contribution is 5.79. The third kappa shape index (κ3) is 7.51. The van der Waals surface area contributed by atoms with Gasteiger partial charge in [0, 0.05) is 57.0 Å². The standard InChI is InChI=1S/C29H43N5O5/c1-5-6-12-32(13-7-16-34(2,3)4)27(35)19-33-18-23(22-8-9-25-26(17-22)39-21-38-25)28(29(36)37)24(33)10-14-31-15-11-30-20-31/h8-9,11,15,17,20,23-24,28H,5-7,10,12-14,16,18-19,21H2,1-4H3/p+1/t23-,24+,28?/m1/s1. The molecule has 1 unspecified atom stereocenters. The number of likely N-dealkylation sites (tertiary alicyclic amines) is 1. The highest BCUT2D eigenvalue weighted by atomic mass is 16.7. The average Bonchev–Trinajstić information content (AvgIpc) is 3.63. The van der Waals surface area contributed by atoms with Crippen molar-refractivity contribution in [3.63, 3.8) is 0 Å². The number of carbonyl (C=O) groups excluding carboxylic acids is 1. The van der Waals surface area contributed by atoms with Crippen LogP contribution in [0.1, 0.15) is 44.1 Å². The number of nitrogens with zero attached hydrogens (tertiary/aromatic N) is 5. The van der Waals surface area contributed by atoms with Crippen LogP contribution in [0, 0.1) is 5.92 Å². The minimum Gasteiger partial charge on any atom is -0.481 e. The summed E-state index contributed by atoms with van der Waals surface area (Å²) in [7, 11) is 6.49. The number of unbranched alkanes of at least 4 members (excludes halogenated alkanes) is 1. The summed E-state index contributed by atoms with van der Waals surface area (Å²) < 4.78 is 13.9. The van der Waals surface area contributed by atoms with Gasteiger partial charge in [0.1, 0.15) is 0 Å². The van der Waals surface area contributed by atoms with E-state index in [0.717, 1.165) is 48.9 Å². The summed E-state index contributed by atoms with van der Waals surface area (Å²) in [5, 5.41) is 10.4. The van der Waals surface area contributed by atoms with E-state index in [2.05, 4.69) is 38.0 Å². The first-order valence-corrected chi connectivity index (χ1v) is 14.1. The largest absolute Gasteiger partial charge is 0.481 e. The Balaban J connectivity index is 1.55. The van der Waals surface area contributed by atoms with Crippen LogP contribution in [0.3, 0.4) is 0 Å². The van der Waals surface area contributed by atoms with E-state index in [1.54, 1.807) is 12.5 Å². The second-order valence-electron chi connectivity index (χ2n) is 11.8. The van der Waals surface area contributed by atoms with Crippen molar-refractivity contribution in [2.24, 2.45) is 5.92 Å². The van der Waals surface area contributed by atoms with Crippen LogP contribution >= 0.6 is 0 Å². The van der Waals surface area contributed by atoms with Crippen molar-refractivity contribution in [3.8, 4) is 11.5 Å². The van der Waals surface area contributed by atoms with Crippen molar-refractivity contribution in [2.75, 3.05) is 60.7 Å². The van der Waals surface area contributed by atoms with Crippen LogP contribution in [0.2, 0.25) is 0 Å². The fourth-order valence-electron chi connectivity index (χ4n) is 5.75. The number of fused-ring (bicyclic) bond motifs is 1. The third-order valence-corrected chi connectivity index (χ3v) is 7.83. The van der Waals surface area contributed by atoms with Crippen molar-refractivity contribution in [3.05, 3.63) is 42.5 Å². The second kappa shape index (κ2) is 12.8. The smallest absolute Gasteiger partial charge is 0.308 e. The molecule has 1 aromatic carbocycles. The van der Waals surface area contributed by atoms with Crippen molar-refractivity contribution in [2.45, 2.75) is 51.1 Å². The fraction of sp³-hybridized carbons (Fsp3) is 0.621. The average molecular weight is 543 g/mol. The molecule has 1 amide bonds. The predicted molar refractivity (Wildman–Crippen MR) is 148 cm³/mol. The van der Waals surface area contributed by atoms with Gasteiger partial charge in [0.05, 0.1) is 46.5 Å². The highest BCUT2D eigenvalue weighted by Gasteiger charge is 2.47. The lowest BCUT2D eigenvalue weighted by atomic mass is 9.84. The predicted octanol–water partition coefficient (Wildman–Crippen LogP) is 2.90. The lowest BCUT2D eigenvalue weighted by Gasteiger charge is -2.31. The number of hydrogen-bond acceptors (Lipinski definition) is 6. The summed E-state index contributed by atoms with van der Waals surface area (Å²) in [5.41, 5.74) is 0.903. The maximum Gasteiger partial charge on any atom is 0.308 e. The molecule has 3 heterocycles. The molecule has 2 aliphatic heterocycles. The molecule has 3 atom stereocenters. The van der Waals surface area contributed by atoms with Crippen molar-refractivity contribution in [1.29, 1.82) is 0 Å². The molecule has 10 nitrogen and oxygen atoms in total. The number of carboxylic acids is 1. The number of imidazole rings is 1. The van der Waals surface area contributed by atoms with Crippen molar-refractivity contribution >= 4 is 11.9 Å². The second-order valence-corrected chi connectivity index (χ2v) is 11.8. The maximum atomic E-state index is 13.7. The summed E-state index contributed by atoms with van der Waals surface area (Å²) in [6.45, 7) is 6.08. The topological polar surface area (TPSA) is 97.1 Å².